The Morgan fingerprint density at radius 1 is 0.564 bits per heavy atom. The number of hydrogen-bond acceptors (Lipinski definition) is 3. The number of nitrogens with zero attached hydrogens (tertiary/aromatic N) is 4. The van der Waals surface area contributed by atoms with E-state index in [4.69, 9.17) is 15.0 Å². The van der Waals surface area contributed by atoms with Crippen molar-refractivity contribution in [1.82, 2.24) is 19.5 Å². The first kappa shape index (κ1) is 33.0. The van der Waals surface area contributed by atoms with Crippen LogP contribution in [0.2, 0.25) is 0 Å². The van der Waals surface area contributed by atoms with Crippen molar-refractivity contribution in [1.29, 1.82) is 0 Å². The number of aromatic nitrogens is 4. The highest BCUT2D eigenvalue weighted by atomic mass is 15.0. The van der Waals surface area contributed by atoms with E-state index in [1.165, 1.54) is 69.6 Å². The monoisotopic (exact) mass is 708 g/mol. The van der Waals surface area contributed by atoms with Gasteiger partial charge >= 0.3 is 0 Å². The summed E-state index contributed by atoms with van der Waals surface area (Å²) < 4.78 is 2.41. The Balaban J connectivity index is 1.15. The highest BCUT2D eigenvalue weighted by molar-refractivity contribution is 5.94. The van der Waals surface area contributed by atoms with Crippen molar-refractivity contribution in [2.75, 3.05) is 0 Å². The number of allylic oxidation sites excluding steroid dienone is 1. The maximum atomic E-state index is 5.14. The van der Waals surface area contributed by atoms with Crippen LogP contribution in [-0.2, 0) is 5.41 Å². The molecular weight excluding hydrogens is 669 g/mol. The molecule has 0 radical (unpaired) electrons. The van der Waals surface area contributed by atoms with E-state index in [2.05, 4.69) is 152 Å². The Morgan fingerprint density at radius 3 is 1.84 bits per heavy atom. The van der Waals surface area contributed by atoms with Crippen LogP contribution in [0, 0.1) is 0 Å². The molecule has 0 unspecified atom stereocenters. The van der Waals surface area contributed by atoms with Crippen LogP contribution in [0.25, 0.3) is 85.2 Å². The van der Waals surface area contributed by atoms with E-state index in [1.807, 2.05) is 30.3 Å². The first-order chi connectivity index (χ1) is 27.1. The molecule has 4 heteroatoms. The molecule has 6 aromatic carbocycles. The van der Waals surface area contributed by atoms with Gasteiger partial charge in [-0.3, -0.25) is 0 Å². The Kier molecular flexibility index (Phi) is 7.99. The summed E-state index contributed by atoms with van der Waals surface area (Å²) in [6, 6.07) is 51.8. The van der Waals surface area contributed by atoms with E-state index >= 15 is 0 Å². The number of rotatable bonds is 6. The van der Waals surface area contributed by atoms with Crippen LogP contribution in [0.3, 0.4) is 0 Å². The Labute approximate surface area is 321 Å². The van der Waals surface area contributed by atoms with Crippen molar-refractivity contribution in [3.05, 3.63) is 180 Å². The fourth-order valence-electron chi connectivity index (χ4n) is 9.23. The minimum Gasteiger partial charge on any atom is -0.309 e. The molecule has 10 rings (SSSR count). The molecule has 8 aromatic rings. The van der Waals surface area contributed by atoms with Crippen molar-refractivity contribution in [2.24, 2.45) is 0 Å². The zero-order valence-electron chi connectivity index (χ0n) is 30.9. The van der Waals surface area contributed by atoms with Crippen LogP contribution in [0.15, 0.2) is 158 Å². The lowest BCUT2D eigenvalue weighted by atomic mass is 9.76. The maximum absolute atomic E-state index is 5.14. The third kappa shape index (κ3) is 5.40. The average Bonchev–Trinajstić information content (AvgIpc) is 3.94. The van der Waals surface area contributed by atoms with Crippen LogP contribution < -0.4 is 10.6 Å². The van der Waals surface area contributed by atoms with E-state index in [0.717, 1.165) is 33.3 Å². The van der Waals surface area contributed by atoms with Gasteiger partial charge in [0.1, 0.15) is 0 Å². The minimum atomic E-state index is 0.0733. The summed E-state index contributed by atoms with van der Waals surface area (Å²) in [5.41, 5.74) is 13.2. The predicted molar refractivity (Wildman–Crippen MR) is 227 cm³/mol. The molecule has 1 saturated carbocycles. The van der Waals surface area contributed by atoms with Gasteiger partial charge in [-0.1, -0.05) is 153 Å². The van der Waals surface area contributed by atoms with Crippen LogP contribution in [0.5, 0.6) is 0 Å². The lowest BCUT2D eigenvalue weighted by Gasteiger charge is -2.26. The molecule has 1 spiro atoms. The first-order valence-corrected chi connectivity index (χ1v) is 19.3. The Hall–Kier alpha value is -6.65. The number of hydrogen-bond donors (Lipinski definition) is 0. The summed E-state index contributed by atoms with van der Waals surface area (Å²) in [6.45, 7) is 6.28. The SMILES string of the molecule is C=C/C=c1\c(=C/C)c2cc3c(cc2n1-c1cccc(-c2nc(-c4ccccc4)nc(-c4ccc(-c5ccccc5)cc4)n2)c1)C1(CCCC1)c1ccccc1-3. The van der Waals surface area contributed by atoms with Gasteiger partial charge in [-0.15, -0.1) is 0 Å². The fraction of sp³-hybridized carbons (Fsp3) is 0.118. The van der Waals surface area contributed by atoms with E-state index < -0.39 is 0 Å². The van der Waals surface area contributed by atoms with Crippen LogP contribution >= 0.6 is 0 Å². The third-order valence-electron chi connectivity index (χ3n) is 11.7. The second-order valence-corrected chi connectivity index (χ2v) is 14.7. The molecule has 0 aliphatic heterocycles. The van der Waals surface area contributed by atoms with Crippen LogP contribution in [-0.4, -0.2) is 19.5 Å². The zero-order valence-corrected chi connectivity index (χ0v) is 30.9. The van der Waals surface area contributed by atoms with Crippen LogP contribution in [0.1, 0.15) is 43.7 Å². The normalized spacial score (nSPS) is 14.8. The van der Waals surface area contributed by atoms with Gasteiger partial charge in [-0.25, -0.2) is 15.0 Å². The molecule has 0 saturated heterocycles. The maximum Gasteiger partial charge on any atom is 0.164 e. The summed E-state index contributed by atoms with van der Waals surface area (Å²) >= 11 is 0. The van der Waals surface area contributed by atoms with Crippen molar-refractivity contribution < 1.29 is 0 Å². The molecule has 264 valence electrons. The Morgan fingerprint density at radius 2 is 1.15 bits per heavy atom. The highest BCUT2D eigenvalue weighted by Crippen LogP contribution is 2.57. The van der Waals surface area contributed by atoms with E-state index in [1.54, 1.807) is 0 Å². The second kappa shape index (κ2) is 13.3. The lowest BCUT2D eigenvalue weighted by Crippen LogP contribution is -2.28. The van der Waals surface area contributed by atoms with Gasteiger partial charge in [0.05, 0.1) is 10.9 Å². The van der Waals surface area contributed by atoms with E-state index in [0.29, 0.717) is 17.5 Å². The summed E-state index contributed by atoms with van der Waals surface area (Å²) in [5, 5.41) is 3.57. The van der Waals surface area contributed by atoms with E-state index in [-0.39, 0.29) is 5.41 Å². The molecule has 0 N–H and O–H groups in total. The molecule has 2 aromatic heterocycles. The molecule has 2 aliphatic rings. The average molecular weight is 709 g/mol. The topological polar surface area (TPSA) is 43.6 Å². The lowest BCUT2D eigenvalue weighted by molar-refractivity contribution is 0.550. The Bertz CT molecular complexity index is 2880. The van der Waals surface area contributed by atoms with Crippen molar-refractivity contribution >= 4 is 23.1 Å². The quantitative estimate of drug-likeness (QED) is 0.173. The standard InChI is InChI=1S/C51H40N4/c1-3-16-46-40(4-2)43-32-42-41-23-11-12-24-44(41)51(29-13-14-30-51)45(42)33-47(43)55(46)39-22-15-21-38(31-39)50-53-48(36-19-9-6-10-20-36)52-49(54-50)37-27-25-35(26-28-37)34-17-7-5-8-18-34/h3-12,15-28,31-33H,1,13-14,29-30H2,2H3/b40-4-,46-16+. The van der Waals surface area contributed by atoms with Gasteiger partial charge in [0.25, 0.3) is 0 Å². The molecule has 0 atom stereocenters. The van der Waals surface area contributed by atoms with Gasteiger partial charge in [0.15, 0.2) is 17.5 Å². The summed E-state index contributed by atoms with van der Waals surface area (Å²) in [6.07, 6.45) is 11.2. The third-order valence-corrected chi connectivity index (χ3v) is 11.7. The van der Waals surface area contributed by atoms with Gasteiger partial charge in [-0.2, -0.15) is 0 Å². The fourth-order valence-corrected chi connectivity index (χ4v) is 9.23. The van der Waals surface area contributed by atoms with Gasteiger partial charge in [-0.05, 0) is 83.5 Å². The molecule has 55 heavy (non-hydrogen) atoms. The zero-order chi connectivity index (χ0) is 36.9. The molecule has 1 fully saturated rings. The second-order valence-electron chi connectivity index (χ2n) is 14.7. The van der Waals surface area contributed by atoms with Crippen molar-refractivity contribution in [3.8, 4) is 62.1 Å². The van der Waals surface area contributed by atoms with Gasteiger partial charge < -0.3 is 4.57 Å². The molecule has 4 nitrogen and oxygen atoms in total. The number of fused-ring (bicyclic) bond motifs is 6. The predicted octanol–water partition coefficient (Wildman–Crippen LogP) is 11.1. The van der Waals surface area contributed by atoms with Crippen molar-refractivity contribution in [3.63, 3.8) is 0 Å². The molecule has 2 aliphatic carbocycles. The minimum absolute atomic E-state index is 0.0733. The largest absolute Gasteiger partial charge is 0.309 e. The highest BCUT2D eigenvalue weighted by Gasteiger charge is 2.45. The van der Waals surface area contributed by atoms with Gasteiger partial charge in [0, 0.05) is 38.4 Å². The molecular formula is C51H40N4. The van der Waals surface area contributed by atoms with Crippen LogP contribution in [0.4, 0.5) is 0 Å². The smallest absolute Gasteiger partial charge is 0.164 e. The summed E-state index contributed by atoms with van der Waals surface area (Å²) in [7, 11) is 0. The summed E-state index contributed by atoms with van der Waals surface area (Å²) in [4.78, 5) is 15.2. The van der Waals surface area contributed by atoms with Crippen molar-refractivity contribution in [2.45, 2.75) is 38.0 Å². The van der Waals surface area contributed by atoms with Gasteiger partial charge in [0.2, 0.25) is 0 Å². The molecule has 0 bridgehead atoms. The number of benzene rings is 6. The van der Waals surface area contributed by atoms with E-state index in [9.17, 15) is 0 Å². The summed E-state index contributed by atoms with van der Waals surface area (Å²) in [5.74, 6) is 1.91. The first-order valence-electron chi connectivity index (χ1n) is 19.3. The molecule has 0 amide bonds. The molecule has 2 heterocycles.